The number of urea groups is 1. The molecule has 5 nitrogen and oxygen atoms in total. The summed E-state index contributed by atoms with van der Waals surface area (Å²) in [5, 5.41) is 15.4. The van der Waals surface area contributed by atoms with Crippen molar-refractivity contribution in [1.82, 2.24) is 10.6 Å². The fourth-order valence-corrected chi connectivity index (χ4v) is 2.24. The van der Waals surface area contributed by atoms with Crippen molar-refractivity contribution < 1.29 is 14.6 Å². The summed E-state index contributed by atoms with van der Waals surface area (Å²) in [6.07, 6.45) is 2.55. The van der Waals surface area contributed by atoms with E-state index in [2.05, 4.69) is 10.6 Å². The minimum atomic E-state index is -0.696. The largest absolute Gasteiger partial charge is 0.496 e. The molecule has 1 saturated carbocycles. The van der Waals surface area contributed by atoms with E-state index in [1.807, 2.05) is 25.1 Å². The minimum Gasteiger partial charge on any atom is -0.496 e. The van der Waals surface area contributed by atoms with Gasteiger partial charge in [-0.15, -0.1) is 0 Å². The van der Waals surface area contributed by atoms with Crippen LogP contribution in [0.4, 0.5) is 4.79 Å². The third kappa shape index (κ3) is 3.63. The number of nitrogens with one attached hydrogen (secondary N) is 2. The van der Waals surface area contributed by atoms with Crippen molar-refractivity contribution in [2.24, 2.45) is 0 Å². The molecule has 1 aliphatic rings. The molecule has 0 spiro atoms. The van der Waals surface area contributed by atoms with E-state index in [4.69, 9.17) is 4.74 Å². The molecule has 0 radical (unpaired) electrons. The van der Waals surface area contributed by atoms with Crippen LogP contribution in [0.25, 0.3) is 0 Å². The summed E-state index contributed by atoms with van der Waals surface area (Å²) in [6, 6.07) is 5.59. The molecule has 2 rings (SSSR count). The fourth-order valence-electron chi connectivity index (χ4n) is 2.24. The quantitative estimate of drug-likeness (QED) is 0.768. The van der Waals surface area contributed by atoms with Crippen LogP contribution in [0.15, 0.2) is 18.2 Å². The van der Waals surface area contributed by atoms with Crippen molar-refractivity contribution in [2.45, 2.75) is 38.3 Å². The predicted molar refractivity (Wildman–Crippen MR) is 76.8 cm³/mol. The lowest BCUT2D eigenvalue weighted by Crippen LogP contribution is -2.49. The van der Waals surface area contributed by atoms with E-state index in [0.717, 1.165) is 36.1 Å². The van der Waals surface area contributed by atoms with Crippen molar-refractivity contribution in [2.75, 3.05) is 13.7 Å². The third-order valence-electron chi connectivity index (χ3n) is 3.74. The summed E-state index contributed by atoms with van der Waals surface area (Å²) in [4.78, 5) is 11.7. The maximum absolute atomic E-state index is 11.7. The van der Waals surface area contributed by atoms with Gasteiger partial charge in [0.1, 0.15) is 5.75 Å². The van der Waals surface area contributed by atoms with E-state index in [1.54, 1.807) is 7.11 Å². The summed E-state index contributed by atoms with van der Waals surface area (Å²) in [7, 11) is 1.62. The molecule has 0 heterocycles. The first-order valence-corrected chi connectivity index (χ1v) is 6.90. The van der Waals surface area contributed by atoms with Gasteiger partial charge < -0.3 is 20.5 Å². The van der Waals surface area contributed by atoms with Gasteiger partial charge in [0.2, 0.25) is 0 Å². The van der Waals surface area contributed by atoms with Gasteiger partial charge in [0.05, 0.1) is 12.7 Å². The standard InChI is InChI=1S/C15H22N2O3/c1-11-4-5-12(13(8-11)20-2)9-16-14(18)17-10-15(19)6-3-7-15/h4-5,8,19H,3,6-7,9-10H2,1-2H3,(H2,16,17,18). The zero-order valence-electron chi connectivity index (χ0n) is 12.0. The molecule has 2 amide bonds. The van der Waals surface area contributed by atoms with E-state index >= 15 is 0 Å². The summed E-state index contributed by atoms with van der Waals surface area (Å²) in [5.41, 5.74) is 1.34. The van der Waals surface area contributed by atoms with E-state index < -0.39 is 5.60 Å². The number of amides is 2. The molecule has 110 valence electrons. The maximum Gasteiger partial charge on any atom is 0.315 e. The highest BCUT2D eigenvalue weighted by Gasteiger charge is 2.34. The van der Waals surface area contributed by atoms with E-state index in [0.29, 0.717) is 13.1 Å². The lowest BCUT2D eigenvalue weighted by atomic mass is 9.80. The van der Waals surface area contributed by atoms with Gasteiger partial charge in [-0.2, -0.15) is 0 Å². The van der Waals surface area contributed by atoms with Gasteiger partial charge in [-0.1, -0.05) is 12.1 Å². The number of methoxy groups -OCH3 is 1. The number of rotatable bonds is 5. The van der Waals surface area contributed by atoms with Gasteiger partial charge in [0.25, 0.3) is 0 Å². The van der Waals surface area contributed by atoms with Crippen LogP contribution in [0.5, 0.6) is 5.75 Å². The molecular formula is C15H22N2O3. The SMILES string of the molecule is COc1cc(C)ccc1CNC(=O)NCC1(O)CCC1. The molecule has 1 aromatic carbocycles. The highest BCUT2D eigenvalue weighted by molar-refractivity contribution is 5.74. The number of carbonyl (C=O) groups excluding carboxylic acids is 1. The number of hydrogen-bond donors (Lipinski definition) is 3. The average Bonchev–Trinajstić information content (AvgIpc) is 2.41. The number of aryl methyl sites for hydroxylation is 1. The van der Waals surface area contributed by atoms with Gasteiger partial charge >= 0.3 is 6.03 Å². The number of benzene rings is 1. The van der Waals surface area contributed by atoms with Crippen LogP contribution in [0, 0.1) is 6.92 Å². The van der Waals surface area contributed by atoms with Crippen molar-refractivity contribution in [3.8, 4) is 5.75 Å². The van der Waals surface area contributed by atoms with Crippen LogP contribution in [0.2, 0.25) is 0 Å². The Balaban J connectivity index is 1.81. The summed E-state index contributed by atoms with van der Waals surface area (Å²) in [6.45, 7) is 2.70. The molecule has 0 saturated heterocycles. The minimum absolute atomic E-state index is 0.270. The smallest absolute Gasteiger partial charge is 0.315 e. The Morgan fingerprint density at radius 2 is 2.15 bits per heavy atom. The Morgan fingerprint density at radius 1 is 1.40 bits per heavy atom. The van der Waals surface area contributed by atoms with Crippen LogP contribution < -0.4 is 15.4 Å². The molecule has 1 aromatic rings. The molecule has 5 heteroatoms. The summed E-state index contributed by atoms with van der Waals surface area (Å²) in [5.74, 6) is 0.767. The molecule has 0 aromatic heterocycles. The first-order chi connectivity index (χ1) is 9.52. The molecule has 0 bridgehead atoms. The second-order valence-electron chi connectivity index (χ2n) is 5.43. The van der Waals surface area contributed by atoms with Crippen molar-refractivity contribution in [3.05, 3.63) is 29.3 Å². The number of ether oxygens (including phenoxy) is 1. The van der Waals surface area contributed by atoms with Crippen molar-refractivity contribution in [1.29, 1.82) is 0 Å². The normalized spacial score (nSPS) is 16.1. The Hall–Kier alpha value is -1.75. The first kappa shape index (κ1) is 14.7. The number of carbonyl (C=O) groups is 1. The molecular weight excluding hydrogens is 256 g/mol. The second kappa shape index (κ2) is 6.13. The molecule has 1 fully saturated rings. The first-order valence-electron chi connectivity index (χ1n) is 6.90. The molecule has 0 aliphatic heterocycles. The van der Waals surface area contributed by atoms with E-state index in [1.165, 1.54) is 0 Å². The van der Waals surface area contributed by atoms with Crippen LogP contribution in [0.1, 0.15) is 30.4 Å². The topological polar surface area (TPSA) is 70.6 Å². The average molecular weight is 278 g/mol. The maximum atomic E-state index is 11.7. The van der Waals surface area contributed by atoms with Crippen LogP contribution in [0.3, 0.4) is 0 Å². The monoisotopic (exact) mass is 278 g/mol. The number of hydrogen-bond acceptors (Lipinski definition) is 3. The van der Waals surface area contributed by atoms with Crippen LogP contribution in [-0.2, 0) is 6.54 Å². The lowest BCUT2D eigenvalue weighted by Gasteiger charge is -2.36. The Labute approximate surface area is 119 Å². The molecule has 1 aliphatic carbocycles. The highest BCUT2D eigenvalue weighted by Crippen LogP contribution is 2.30. The molecule has 3 N–H and O–H groups in total. The molecule has 0 atom stereocenters. The summed E-state index contributed by atoms with van der Waals surface area (Å²) >= 11 is 0. The zero-order chi connectivity index (χ0) is 14.6. The van der Waals surface area contributed by atoms with Crippen molar-refractivity contribution >= 4 is 6.03 Å². The predicted octanol–water partition coefficient (Wildman–Crippen LogP) is 1.72. The van der Waals surface area contributed by atoms with E-state index in [9.17, 15) is 9.90 Å². The van der Waals surface area contributed by atoms with Gasteiger partial charge in [0, 0.05) is 18.7 Å². The Morgan fingerprint density at radius 3 is 2.75 bits per heavy atom. The molecule has 20 heavy (non-hydrogen) atoms. The van der Waals surface area contributed by atoms with Gasteiger partial charge in [-0.25, -0.2) is 4.79 Å². The van der Waals surface area contributed by atoms with Gasteiger partial charge in [-0.3, -0.25) is 0 Å². The number of aliphatic hydroxyl groups is 1. The molecule has 0 unspecified atom stereocenters. The Kier molecular flexibility index (Phi) is 4.49. The van der Waals surface area contributed by atoms with Gasteiger partial charge in [0.15, 0.2) is 0 Å². The third-order valence-corrected chi connectivity index (χ3v) is 3.74. The van der Waals surface area contributed by atoms with Crippen LogP contribution >= 0.6 is 0 Å². The van der Waals surface area contributed by atoms with Crippen molar-refractivity contribution in [3.63, 3.8) is 0 Å². The Bertz CT molecular complexity index is 484. The van der Waals surface area contributed by atoms with E-state index in [-0.39, 0.29) is 6.03 Å². The highest BCUT2D eigenvalue weighted by atomic mass is 16.5. The lowest BCUT2D eigenvalue weighted by molar-refractivity contribution is -0.0290. The van der Waals surface area contributed by atoms with Crippen LogP contribution in [-0.4, -0.2) is 30.4 Å². The second-order valence-corrected chi connectivity index (χ2v) is 5.43. The fraction of sp³-hybridized carbons (Fsp3) is 0.533. The summed E-state index contributed by atoms with van der Waals surface area (Å²) < 4.78 is 5.29. The zero-order valence-corrected chi connectivity index (χ0v) is 12.0. The van der Waals surface area contributed by atoms with Gasteiger partial charge in [-0.05, 0) is 37.8 Å².